The van der Waals surface area contributed by atoms with E-state index in [4.69, 9.17) is 5.11 Å². The first kappa shape index (κ1) is 8.73. The van der Waals surface area contributed by atoms with Gasteiger partial charge < -0.3 is 5.11 Å². The molecule has 1 N–H and O–H groups in total. The minimum absolute atomic E-state index is 0.0774. The Labute approximate surface area is 77.1 Å². The first-order chi connectivity index (χ1) is 6.14. The Bertz CT molecular complexity index is 249. The maximum absolute atomic E-state index is 11.3. The van der Waals surface area contributed by atoms with Gasteiger partial charge in [-0.25, -0.2) is 0 Å². The molecule has 1 spiro atoms. The molecule has 0 aromatic carbocycles. The number of carboxylic acids is 1. The van der Waals surface area contributed by atoms with Crippen LogP contribution in [0.4, 0.5) is 0 Å². The number of carboxylic acid groups (broad SMARTS) is 1. The third-order valence-corrected chi connectivity index (χ3v) is 3.71. The number of carbonyl (C=O) groups excluding carboxylic acids is 1. The fraction of sp³-hybridized carbons (Fsp3) is 0.800. The lowest BCUT2D eigenvalue weighted by Crippen LogP contribution is -2.44. The van der Waals surface area contributed by atoms with E-state index < -0.39 is 5.97 Å². The Balaban J connectivity index is 1.96. The number of rotatable bonds is 1. The molecule has 0 radical (unpaired) electrons. The van der Waals surface area contributed by atoms with Crippen molar-refractivity contribution in [3.63, 3.8) is 0 Å². The molecule has 2 saturated carbocycles. The lowest BCUT2D eigenvalue weighted by Gasteiger charge is -2.44. The molecule has 3 nitrogen and oxygen atoms in total. The van der Waals surface area contributed by atoms with Crippen molar-refractivity contribution in [2.75, 3.05) is 0 Å². The molecule has 2 aliphatic carbocycles. The summed E-state index contributed by atoms with van der Waals surface area (Å²) in [6.45, 7) is 0. The van der Waals surface area contributed by atoms with Crippen molar-refractivity contribution in [2.45, 2.75) is 38.5 Å². The fourth-order valence-corrected chi connectivity index (χ4v) is 2.53. The van der Waals surface area contributed by atoms with E-state index in [1.54, 1.807) is 0 Å². The average molecular weight is 182 g/mol. The third-order valence-electron chi connectivity index (χ3n) is 3.71. The molecule has 2 rings (SSSR count). The molecule has 2 aliphatic rings. The van der Waals surface area contributed by atoms with Crippen molar-refractivity contribution in [3.8, 4) is 0 Å². The van der Waals surface area contributed by atoms with Crippen molar-refractivity contribution in [3.05, 3.63) is 0 Å². The topological polar surface area (TPSA) is 54.4 Å². The van der Waals surface area contributed by atoms with Crippen molar-refractivity contribution < 1.29 is 14.7 Å². The average Bonchev–Trinajstić information content (AvgIpc) is 2.15. The number of Topliss-reactive ketones (excluding diaryl/α,β-unsaturated/α-hetero) is 1. The van der Waals surface area contributed by atoms with Gasteiger partial charge in [0, 0.05) is 11.8 Å². The van der Waals surface area contributed by atoms with Gasteiger partial charge >= 0.3 is 5.97 Å². The van der Waals surface area contributed by atoms with Gasteiger partial charge in [0.2, 0.25) is 0 Å². The normalized spacial score (nSPS) is 38.8. The van der Waals surface area contributed by atoms with Crippen LogP contribution < -0.4 is 0 Å². The third kappa shape index (κ3) is 1.26. The molecule has 0 amide bonds. The van der Waals surface area contributed by atoms with Crippen LogP contribution in [-0.4, -0.2) is 16.9 Å². The molecule has 3 heteroatoms. The second-order valence-electron chi connectivity index (χ2n) is 4.32. The van der Waals surface area contributed by atoms with Crippen LogP contribution in [0.5, 0.6) is 0 Å². The zero-order valence-corrected chi connectivity index (χ0v) is 7.58. The van der Waals surface area contributed by atoms with E-state index in [2.05, 4.69) is 0 Å². The van der Waals surface area contributed by atoms with Gasteiger partial charge in [-0.1, -0.05) is 0 Å². The molecule has 0 bridgehead atoms. The highest BCUT2D eigenvalue weighted by atomic mass is 16.4. The number of hydrogen-bond donors (Lipinski definition) is 1. The summed E-state index contributed by atoms with van der Waals surface area (Å²) >= 11 is 0. The van der Waals surface area contributed by atoms with Gasteiger partial charge in [-0.15, -0.1) is 0 Å². The van der Waals surface area contributed by atoms with Crippen LogP contribution in [0.3, 0.4) is 0 Å². The zero-order valence-electron chi connectivity index (χ0n) is 7.58. The standard InChI is InChI=1S/C10H14O3/c11-8-3-6-10(8)4-1-7(2-5-10)9(12)13/h7H,1-6H2,(H,12,13). The van der Waals surface area contributed by atoms with E-state index in [1.807, 2.05) is 0 Å². The Morgan fingerprint density at radius 2 is 1.92 bits per heavy atom. The van der Waals surface area contributed by atoms with Crippen molar-refractivity contribution in [1.82, 2.24) is 0 Å². The minimum atomic E-state index is -0.693. The molecule has 0 aliphatic heterocycles. The maximum Gasteiger partial charge on any atom is 0.306 e. The molecule has 0 heterocycles. The summed E-state index contributed by atoms with van der Waals surface area (Å²) < 4.78 is 0. The van der Waals surface area contributed by atoms with Gasteiger partial charge in [-0.05, 0) is 32.1 Å². The van der Waals surface area contributed by atoms with Crippen LogP contribution >= 0.6 is 0 Å². The summed E-state index contributed by atoms with van der Waals surface area (Å²) in [5.41, 5.74) is -0.0774. The number of carbonyl (C=O) groups is 2. The Hall–Kier alpha value is -0.860. The lowest BCUT2D eigenvalue weighted by atomic mass is 9.58. The Kier molecular flexibility index (Phi) is 1.90. The molecule has 2 fully saturated rings. The maximum atomic E-state index is 11.3. The molecule has 0 aromatic rings. The molecule has 13 heavy (non-hydrogen) atoms. The summed E-state index contributed by atoms with van der Waals surface area (Å²) in [6.07, 6.45) is 4.73. The van der Waals surface area contributed by atoms with Crippen LogP contribution in [0.15, 0.2) is 0 Å². The highest BCUT2D eigenvalue weighted by Crippen LogP contribution is 2.50. The van der Waals surface area contributed by atoms with Crippen molar-refractivity contribution >= 4 is 11.8 Å². The SMILES string of the molecule is O=C(O)C1CCC2(CCC2=O)CC1. The van der Waals surface area contributed by atoms with Gasteiger partial charge in [0.1, 0.15) is 5.78 Å². The number of ketones is 1. The summed E-state index contributed by atoms with van der Waals surface area (Å²) in [5, 5.41) is 8.78. The zero-order chi connectivity index (χ0) is 9.47. The summed E-state index contributed by atoms with van der Waals surface area (Å²) in [7, 11) is 0. The summed E-state index contributed by atoms with van der Waals surface area (Å²) in [4.78, 5) is 22.0. The molecule has 72 valence electrons. The molecule has 0 aromatic heterocycles. The Morgan fingerprint density at radius 1 is 1.31 bits per heavy atom. The van der Waals surface area contributed by atoms with Crippen molar-refractivity contribution in [1.29, 1.82) is 0 Å². The predicted octanol–water partition coefficient (Wildman–Crippen LogP) is 1.61. The largest absolute Gasteiger partial charge is 0.481 e. The monoisotopic (exact) mass is 182 g/mol. The molecule has 0 unspecified atom stereocenters. The number of hydrogen-bond acceptors (Lipinski definition) is 2. The first-order valence-corrected chi connectivity index (χ1v) is 4.90. The van der Waals surface area contributed by atoms with E-state index in [1.165, 1.54) is 0 Å². The summed E-state index contributed by atoms with van der Waals surface area (Å²) in [5.74, 6) is -0.517. The van der Waals surface area contributed by atoms with Crippen molar-refractivity contribution in [2.24, 2.45) is 11.3 Å². The van der Waals surface area contributed by atoms with Gasteiger partial charge in [0.15, 0.2) is 0 Å². The molecular formula is C10H14O3. The van der Waals surface area contributed by atoms with Crippen LogP contribution in [0.25, 0.3) is 0 Å². The minimum Gasteiger partial charge on any atom is -0.481 e. The predicted molar refractivity (Wildman–Crippen MR) is 46.3 cm³/mol. The van der Waals surface area contributed by atoms with Crippen LogP contribution in [0.2, 0.25) is 0 Å². The van der Waals surface area contributed by atoms with Crippen LogP contribution in [0.1, 0.15) is 38.5 Å². The van der Waals surface area contributed by atoms with E-state index in [0.717, 1.165) is 25.7 Å². The summed E-state index contributed by atoms with van der Waals surface area (Å²) in [6, 6.07) is 0. The first-order valence-electron chi connectivity index (χ1n) is 4.90. The van der Waals surface area contributed by atoms with Crippen LogP contribution in [-0.2, 0) is 9.59 Å². The van der Waals surface area contributed by atoms with Gasteiger partial charge in [-0.3, -0.25) is 9.59 Å². The van der Waals surface area contributed by atoms with Gasteiger partial charge in [0.25, 0.3) is 0 Å². The quantitative estimate of drug-likeness (QED) is 0.670. The fourth-order valence-electron chi connectivity index (χ4n) is 2.53. The second kappa shape index (κ2) is 2.82. The highest BCUT2D eigenvalue weighted by molar-refractivity contribution is 5.90. The molecule has 0 atom stereocenters. The van der Waals surface area contributed by atoms with Crippen LogP contribution in [0, 0.1) is 11.3 Å². The molecular weight excluding hydrogens is 168 g/mol. The van der Waals surface area contributed by atoms with Gasteiger partial charge in [0.05, 0.1) is 5.92 Å². The lowest BCUT2D eigenvalue weighted by molar-refractivity contribution is -0.149. The van der Waals surface area contributed by atoms with Gasteiger partial charge in [-0.2, -0.15) is 0 Å². The van der Waals surface area contributed by atoms with E-state index in [0.29, 0.717) is 18.6 Å². The van der Waals surface area contributed by atoms with E-state index in [-0.39, 0.29) is 11.3 Å². The number of aliphatic carboxylic acids is 1. The van der Waals surface area contributed by atoms with E-state index >= 15 is 0 Å². The second-order valence-corrected chi connectivity index (χ2v) is 4.32. The smallest absolute Gasteiger partial charge is 0.306 e. The molecule has 0 saturated heterocycles. The Morgan fingerprint density at radius 3 is 2.23 bits per heavy atom. The highest BCUT2D eigenvalue weighted by Gasteiger charge is 2.48. The van der Waals surface area contributed by atoms with E-state index in [9.17, 15) is 9.59 Å².